The van der Waals surface area contributed by atoms with Crippen molar-refractivity contribution < 1.29 is 18.7 Å². The lowest BCUT2D eigenvalue weighted by Gasteiger charge is -2.19. The SMILES string of the molecule is COc1cccc(CN(C)C(=O)c2cc3c(C)nn(Cc4ccc(F)cc4)c3s2)c1OC. The molecule has 6 nitrogen and oxygen atoms in total. The van der Waals surface area contributed by atoms with Gasteiger partial charge in [-0.3, -0.25) is 9.48 Å². The molecule has 0 spiro atoms. The Morgan fingerprint density at radius 3 is 2.59 bits per heavy atom. The number of halogens is 1. The third-order valence-electron chi connectivity index (χ3n) is 5.30. The van der Waals surface area contributed by atoms with Crippen molar-refractivity contribution in [3.8, 4) is 11.5 Å². The number of amides is 1. The molecule has 32 heavy (non-hydrogen) atoms. The first-order valence-corrected chi connectivity index (χ1v) is 10.9. The Bertz CT molecular complexity index is 1260. The Balaban J connectivity index is 1.58. The lowest BCUT2D eigenvalue weighted by Crippen LogP contribution is -2.25. The van der Waals surface area contributed by atoms with Gasteiger partial charge in [-0.15, -0.1) is 11.3 Å². The van der Waals surface area contributed by atoms with E-state index in [4.69, 9.17) is 9.47 Å². The van der Waals surface area contributed by atoms with Crippen molar-refractivity contribution in [2.24, 2.45) is 0 Å². The molecule has 2 aromatic heterocycles. The van der Waals surface area contributed by atoms with E-state index in [0.29, 0.717) is 29.5 Å². The number of benzene rings is 2. The third-order valence-corrected chi connectivity index (χ3v) is 6.44. The van der Waals surface area contributed by atoms with Crippen LogP contribution in [0.3, 0.4) is 0 Å². The van der Waals surface area contributed by atoms with Crippen LogP contribution >= 0.6 is 11.3 Å². The lowest BCUT2D eigenvalue weighted by atomic mass is 10.1. The van der Waals surface area contributed by atoms with Crippen LogP contribution < -0.4 is 9.47 Å². The van der Waals surface area contributed by atoms with Gasteiger partial charge in [0.05, 0.1) is 31.3 Å². The normalized spacial score (nSPS) is 11.0. The Morgan fingerprint density at radius 1 is 1.16 bits per heavy atom. The van der Waals surface area contributed by atoms with Crippen LogP contribution in [0.1, 0.15) is 26.5 Å². The van der Waals surface area contributed by atoms with Gasteiger partial charge in [-0.25, -0.2) is 4.39 Å². The summed E-state index contributed by atoms with van der Waals surface area (Å²) in [5, 5.41) is 5.55. The number of hydrogen-bond donors (Lipinski definition) is 0. The lowest BCUT2D eigenvalue weighted by molar-refractivity contribution is 0.0789. The van der Waals surface area contributed by atoms with Crippen LogP contribution in [0, 0.1) is 12.7 Å². The monoisotopic (exact) mass is 453 g/mol. The van der Waals surface area contributed by atoms with Crippen molar-refractivity contribution in [3.63, 3.8) is 0 Å². The fraction of sp³-hybridized carbons (Fsp3) is 0.250. The number of carbonyl (C=O) groups is 1. The highest BCUT2D eigenvalue weighted by Crippen LogP contribution is 2.33. The molecule has 0 saturated carbocycles. The van der Waals surface area contributed by atoms with Crippen LogP contribution in [0.25, 0.3) is 10.2 Å². The highest BCUT2D eigenvalue weighted by atomic mass is 32.1. The average Bonchev–Trinajstić information content (AvgIpc) is 3.35. The van der Waals surface area contributed by atoms with Crippen LogP contribution in [0.4, 0.5) is 4.39 Å². The van der Waals surface area contributed by atoms with Crippen LogP contribution in [-0.4, -0.2) is 41.9 Å². The van der Waals surface area contributed by atoms with Crippen molar-refractivity contribution in [1.82, 2.24) is 14.7 Å². The summed E-state index contributed by atoms with van der Waals surface area (Å²) < 4.78 is 25.9. The van der Waals surface area contributed by atoms with E-state index in [1.807, 2.05) is 35.9 Å². The summed E-state index contributed by atoms with van der Waals surface area (Å²) in [6.45, 7) is 2.82. The summed E-state index contributed by atoms with van der Waals surface area (Å²) in [4.78, 5) is 16.4. The molecule has 4 aromatic rings. The van der Waals surface area contributed by atoms with E-state index in [0.717, 1.165) is 27.0 Å². The van der Waals surface area contributed by atoms with Crippen LogP contribution in [0.5, 0.6) is 11.5 Å². The minimum Gasteiger partial charge on any atom is -0.493 e. The van der Waals surface area contributed by atoms with Gasteiger partial charge < -0.3 is 14.4 Å². The Morgan fingerprint density at radius 2 is 1.91 bits per heavy atom. The van der Waals surface area contributed by atoms with Gasteiger partial charge in [0.15, 0.2) is 11.5 Å². The first-order chi connectivity index (χ1) is 15.4. The summed E-state index contributed by atoms with van der Waals surface area (Å²) in [5.41, 5.74) is 2.66. The van der Waals surface area contributed by atoms with E-state index in [9.17, 15) is 9.18 Å². The first-order valence-electron chi connectivity index (χ1n) is 10.1. The fourth-order valence-electron chi connectivity index (χ4n) is 3.68. The van der Waals surface area contributed by atoms with E-state index in [1.54, 1.807) is 38.3 Å². The maximum Gasteiger partial charge on any atom is 0.264 e. The zero-order chi connectivity index (χ0) is 22.8. The summed E-state index contributed by atoms with van der Waals surface area (Å²) in [6.07, 6.45) is 0. The molecule has 0 aliphatic carbocycles. The second-order valence-corrected chi connectivity index (χ2v) is 8.54. The van der Waals surface area contributed by atoms with Crippen LogP contribution in [0.2, 0.25) is 0 Å². The Kier molecular flexibility index (Phi) is 6.14. The number of methoxy groups -OCH3 is 2. The van der Waals surface area contributed by atoms with E-state index in [1.165, 1.54) is 23.5 Å². The predicted molar refractivity (Wildman–Crippen MR) is 123 cm³/mol. The summed E-state index contributed by atoms with van der Waals surface area (Å²) in [5.74, 6) is 0.903. The van der Waals surface area contributed by atoms with Crippen molar-refractivity contribution >= 4 is 27.5 Å². The minimum absolute atomic E-state index is 0.0798. The number of thiophene rings is 1. The Hall–Kier alpha value is -3.39. The molecule has 0 unspecified atom stereocenters. The van der Waals surface area contributed by atoms with Crippen molar-refractivity contribution in [1.29, 1.82) is 0 Å². The smallest absolute Gasteiger partial charge is 0.264 e. The molecule has 0 aliphatic rings. The minimum atomic E-state index is -0.268. The zero-order valence-corrected chi connectivity index (χ0v) is 19.2. The first kappa shape index (κ1) is 21.8. The van der Waals surface area contributed by atoms with E-state index >= 15 is 0 Å². The van der Waals surface area contributed by atoms with Gasteiger partial charge in [-0.1, -0.05) is 24.3 Å². The van der Waals surface area contributed by atoms with Crippen LogP contribution in [0.15, 0.2) is 48.5 Å². The molecule has 0 aliphatic heterocycles. The number of fused-ring (bicyclic) bond motifs is 1. The van der Waals surface area contributed by atoms with Gasteiger partial charge in [0.1, 0.15) is 10.6 Å². The molecule has 2 aromatic carbocycles. The van der Waals surface area contributed by atoms with E-state index in [2.05, 4.69) is 5.10 Å². The van der Waals surface area contributed by atoms with E-state index in [-0.39, 0.29) is 11.7 Å². The number of hydrogen-bond acceptors (Lipinski definition) is 5. The molecular weight excluding hydrogens is 429 g/mol. The largest absolute Gasteiger partial charge is 0.493 e. The number of para-hydroxylation sites is 1. The van der Waals surface area contributed by atoms with Crippen LogP contribution in [-0.2, 0) is 13.1 Å². The molecule has 8 heteroatoms. The van der Waals surface area contributed by atoms with Gasteiger partial charge in [-0.05, 0) is 36.8 Å². The van der Waals surface area contributed by atoms with Gasteiger partial charge in [0.2, 0.25) is 0 Å². The average molecular weight is 454 g/mol. The van der Waals surface area contributed by atoms with Gasteiger partial charge >= 0.3 is 0 Å². The fourth-order valence-corrected chi connectivity index (χ4v) is 4.84. The quantitative estimate of drug-likeness (QED) is 0.400. The standard InChI is InChI=1S/C24H24FN3O3S/c1-15-19-12-21(32-24(19)28(26-15)13-16-8-10-18(25)11-9-16)23(29)27(2)14-17-6-5-7-20(30-3)22(17)31-4/h5-12H,13-14H2,1-4H3. The molecule has 0 radical (unpaired) electrons. The highest BCUT2D eigenvalue weighted by Gasteiger charge is 2.21. The molecule has 2 heterocycles. The topological polar surface area (TPSA) is 56.6 Å². The summed E-state index contributed by atoms with van der Waals surface area (Å²) in [7, 11) is 4.94. The van der Waals surface area contributed by atoms with Crippen molar-refractivity contribution in [2.75, 3.05) is 21.3 Å². The molecule has 0 N–H and O–H groups in total. The molecule has 0 saturated heterocycles. The third kappa shape index (κ3) is 4.18. The molecule has 166 valence electrons. The van der Waals surface area contributed by atoms with Gasteiger partial charge in [0.25, 0.3) is 5.91 Å². The predicted octanol–water partition coefficient (Wildman–Crippen LogP) is 4.88. The molecule has 4 rings (SSSR count). The molecule has 1 amide bonds. The second kappa shape index (κ2) is 9.00. The number of rotatable bonds is 7. The van der Waals surface area contributed by atoms with E-state index < -0.39 is 0 Å². The van der Waals surface area contributed by atoms with Gasteiger partial charge in [0, 0.05) is 24.5 Å². The maximum absolute atomic E-state index is 13.2. The highest BCUT2D eigenvalue weighted by molar-refractivity contribution is 7.20. The number of ether oxygens (including phenoxy) is 2. The molecule has 0 bridgehead atoms. The number of carbonyl (C=O) groups excluding carboxylic acids is 1. The molecule has 0 atom stereocenters. The summed E-state index contributed by atoms with van der Waals surface area (Å²) >= 11 is 1.41. The second-order valence-electron chi connectivity index (χ2n) is 7.51. The van der Waals surface area contributed by atoms with Crippen molar-refractivity contribution in [3.05, 3.63) is 76.0 Å². The maximum atomic E-state index is 13.2. The number of aryl methyl sites for hydroxylation is 1. The number of nitrogens with zero attached hydrogens (tertiary/aromatic N) is 3. The molecular formula is C24H24FN3O3S. The van der Waals surface area contributed by atoms with Gasteiger partial charge in [-0.2, -0.15) is 5.10 Å². The summed E-state index contributed by atoms with van der Waals surface area (Å²) in [6, 6.07) is 13.9. The Labute approximate surface area is 189 Å². The van der Waals surface area contributed by atoms with Crippen molar-refractivity contribution in [2.45, 2.75) is 20.0 Å². The zero-order valence-electron chi connectivity index (χ0n) is 18.4. The number of aromatic nitrogens is 2. The molecule has 0 fully saturated rings.